The van der Waals surface area contributed by atoms with Gasteiger partial charge in [-0.25, -0.2) is 4.98 Å². The fraction of sp³-hybridized carbons (Fsp3) is 0.462. The van der Waals surface area contributed by atoms with Crippen LogP contribution in [-0.2, 0) is 0 Å². The van der Waals surface area contributed by atoms with Gasteiger partial charge in [-0.1, -0.05) is 12.8 Å². The average Bonchev–Trinajstić information content (AvgIpc) is 3.42. The first-order valence-corrected chi connectivity index (χ1v) is 11.9. The number of hydrogen-bond acceptors (Lipinski definition) is 5. The molecule has 3 aromatic rings. The smallest absolute Gasteiger partial charge is 0.270 e. The summed E-state index contributed by atoms with van der Waals surface area (Å²) < 4.78 is 12.9. The van der Waals surface area contributed by atoms with E-state index >= 15 is 0 Å². The van der Waals surface area contributed by atoms with Crippen molar-refractivity contribution in [3.63, 3.8) is 0 Å². The fourth-order valence-electron chi connectivity index (χ4n) is 5.32. The molecule has 5 rings (SSSR count). The number of carbonyl (C=O) groups is 1. The third-order valence-corrected chi connectivity index (χ3v) is 7.05. The summed E-state index contributed by atoms with van der Waals surface area (Å²) in [5, 5.41) is 2.94. The Hall–Kier alpha value is -3.22. The summed E-state index contributed by atoms with van der Waals surface area (Å²) in [6.45, 7) is 5.02. The van der Waals surface area contributed by atoms with Gasteiger partial charge in [0.15, 0.2) is 0 Å². The molecule has 1 N–H and O–H groups in total. The maximum atomic E-state index is 12.8. The maximum Gasteiger partial charge on any atom is 0.270 e. The molecule has 3 heterocycles. The lowest BCUT2D eigenvalue weighted by Gasteiger charge is -2.22. The van der Waals surface area contributed by atoms with E-state index in [2.05, 4.69) is 27.3 Å². The van der Waals surface area contributed by atoms with Crippen LogP contribution < -0.4 is 19.7 Å². The molecular formula is C26H32N4O3. The van der Waals surface area contributed by atoms with E-state index < -0.39 is 0 Å². The van der Waals surface area contributed by atoms with Crippen LogP contribution in [0.5, 0.6) is 11.5 Å². The van der Waals surface area contributed by atoms with Gasteiger partial charge in [-0.15, -0.1) is 0 Å². The molecule has 2 atom stereocenters. The van der Waals surface area contributed by atoms with Crippen LogP contribution in [0.3, 0.4) is 0 Å². The highest BCUT2D eigenvalue weighted by Gasteiger charge is 2.34. The molecule has 1 amide bonds. The molecule has 7 heteroatoms. The molecule has 2 aliphatic rings. The van der Waals surface area contributed by atoms with Gasteiger partial charge in [0.05, 0.1) is 25.5 Å². The van der Waals surface area contributed by atoms with Gasteiger partial charge >= 0.3 is 0 Å². The minimum atomic E-state index is -0.178. The van der Waals surface area contributed by atoms with Crippen molar-refractivity contribution in [2.45, 2.75) is 32.6 Å². The number of amides is 1. The number of pyridine rings is 1. The predicted molar refractivity (Wildman–Crippen MR) is 128 cm³/mol. The highest BCUT2D eigenvalue weighted by atomic mass is 16.5. The van der Waals surface area contributed by atoms with Gasteiger partial charge in [0, 0.05) is 18.8 Å². The molecule has 0 spiro atoms. The summed E-state index contributed by atoms with van der Waals surface area (Å²) in [5.41, 5.74) is 3.19. The molecule has 1 saturated carbocycles. The number of hydrogen-bond donors (Lipinski definition) is 1. The van der Waals surface area contributed by atoms with Crippen molar-refractivity contribution in [1.82, 2.24) is 14.7 Å². The zero-order chi connectivity index (χ0) is 22.8. The van der Waals surface area contributed by atoms with Crippen molar-refractivity contribution >= 4 is 17.2 Å². The molecule has 1 aliphatic carbocycles. The SMILES string of the molecule is COc1ccc2nc(C)c(C(=O)NCCOc3ccc(N4CC5CCCCC5C4)cc3)n2c1. The van der Waals surface area contributed by atoms with Crippen molar-refractivity contribution in [3.8, 4) is 11.5 Å². The van der Waals surface area contributed by atoms with Gasteiger partial charge in [-0.05, 0) is 68.0 Å². The number of nitrogens with one attached hydrogen (secondary N) is 1. The summed E-state index contributed by atoms with van der Waals surface area (Å²) in [7, 11) is 1.60. The van der Waals surface area contributed by atoms with Gasteiger partial charge in [-0.3, -0.25) is 9.20 Å². The van der Waals surface area contributed by atoms with E-state index in [-0.39, 0.29) is 5.91 Å². The van der Waals surface area contributed by atoms with Crippen LogP contribution in [0.4, 0.5) is 5.69 Å². The van der Waals surface area contributed by atoms with Crippen LogP contribution in [-0.4, -0.2) is 48.6 Å². The third-order valence-electron chi connectivity index (χ3n) is 7.05. The summed E-state index contributed by atoms with van der Waals surface area (Å²) >= 11 is 0. The molecule has 33 heavy (non-hydrogen) atoms. The van der Waals surface area contributed by atoms with E-state index in [4.69, 9.17) is 9.47 Å². The Bertz CT molecular complexity index is 1110. The average molecular weight is 449 g/mol. The zero-order valence-corrected chi connectivity index (χ0v) is 19.4. The molecule has 0 bridgehead atoms. The fourth-order valence-corrected chi connectivity index (χ4v) is 5.32. The number of fused-ring (bicyclic) bond motifs is 2. The Kier molecular flexibility index (Phi) is 6.11. The number of rotatable bonds is 7. The van der Waals surface area contributed by atoms with Gasteiger partial charge in [0.1, 0.15) is 29.4 Å². The van der Waals surface area contributed by atoms with E-state index in [9.17, 15) is 4.79 Å². The number of anilines is 1. The second-order valence-corrected chi connectivity index (χ2v) is 9.15. The normalized spacial score (nSPS) is 20.0. The van der Waals surface area contributed by atoms with Crippen molar-refractivity contribution < 1.29 is 14.3 Å². The van der Waals surface area contributed by atoms with Gasteiger partial charge in [-0.2, -0.15) is 0 Å². The maximum absolute atomic E-state index is 12.8. The second-order valence-electron chi connectivity index (χ2n) is 9.15. The van der Waals surface area contributed by atoms with Crippen molar-refractivity contribution in [3.05, 3.63) is 54.0 Å². The zero-order valence-electron chi connectivity index (χ0n) is 19.4. The molecule has 1 aliphatic heterocycles. The lowest BCUT2D eigenvalue weighted by Crippen LogP contribution is -2.29. The predicted octanol–water partition coefficient (Wildman–Crippen LogP) is 4.09. The highest BCUT2D eigenvalue weighted by Crippen LogP contribution is 2.38. The number of carbonyl (C=O) groups excluding carboxylic acids is 1. The molecule has 2 aromatic heterocycles. The number of aryl methyl sites for hydroxylation is 1. The molecule has 2 fully saturated rings. The van der Waals surface area contributed by atoms with Crippen LogP contribution in [0.2, 0.25) is 0 Å². The number of imidazole rings is 1. The minimum absolute atomic E-state index is 0.178. The van der Waals surface area contributed by atoms with Crippen LogP contribution in [0.15, 0.2) is 42.6 Å². The van der Waals surface area contributed by atoms with E-state index in [0.717, 1.165) is 17.6 Å². The third kappa shape index (κ3) is 4.49. The van der Waals surface area contributed by atoms with Gasteiger partial charge in [0.2, 0.25) is 0 Å². The monoisotopic (exact) mass is 448 g/mol. The summed E-state index contributed by atoms with van der Waals surface area (Å²) in [6, 6.07) is 12.0. The molecular weight excluding hydrogens is 416 g/mol. The molecule has 1 aromatic carbocycles. The second kappa shape index (κ2) is 9.33. The van der Waals surface area contributed by atoms with Crippen LogP contribution in [0, 0.1) is 18.8 Å². The van der Waals surface area contributed by atoms with Gasteiger partial charge in [0.25, 0.3) is 5.91 Å². The first kappa shape index (κ1) is 21.6. The Morgan fingerprint density at radius 3 is 2.45 bits per heavy atom. The summed E-state index contributed by atoms with van der Waals surface area (Å²) in [5.74, 6) is 3.06. The molecule has 1 saturated heterocycles. The quantitative estimate of drug-likeness (QED) is 0.552. The number of ether oxygens (including phenoxy) is 2. The van der Waals surface area contributed by atoms with Crippen molar-refractivity contribution in [1.29, 1.82) is 0 Å². The Balaban J connectivity index is 1.13. The number of nitrogens with zero attached hydrogens (tertiary/aromatic N) is 3. The Morgan fingerprint density at radius 1 is 1.06 bits per heavy atom. The lowest BCUT2D eigenvalue weighted by molar-refractivity contribution is 0.0940. The van der Waals surface area contributed by atoms with Crippen LogP contribution in [0.25, 0.3) is 5.65 Å². The van der Waals surface area contributed by atoms with Crippen molar-refractivity contribution in [2.75, 3.05) is 38.3 Å². The summed E-state index contributed by atoms with van der Waals surface area (Å²) in [4.78, 5) is 19.8. The lowest BCUT2D eigenvalue weighted by atomic mass is 9.82. The van der Waals surface area contributed by atoms with Crippen LogP contribution in [0.1, 0.15) is 41.9 Å². The molecule has 0 radical (unpaired) electrons. The first-order valence-electron chi connectivity index (χ1n) is 11.9. The summed E-state index contributed by atoms with van der Waals surface area (Å²) in [6.07, 6.45) is 7.33. The first-order chi connectivity index (χ1) is 16.1. The van der Waals surface area contributed by atoms with Crippen LogP contribution >= 0.6 is 0 Å². The number of benzene rings is 1. The van der Waals surface area contributed by atoms with Crippen molar-refractivity contribution in [2.24, 2.45) is 11.8 Å². The minimum Gasteiger partial charge on any atom is -0.495 e. The standard InChI is InChI=1S/C26H32N4O3/c1-18-25(30-17-23(32-2)11-12-24(30)28-18)26(31)27-13-14-33-22-9-7-21(8-10-22)29-15-19-5-3-4-6-20(19)16-29/h7-12,17,19-20H,3-6,13-16H2,1-2H3,(H,27,31). The van der Waals surface area contributed by atoms with E-state index in [0.29, 0.717) is 35.9 Å². The van der Waals surface area contributed by atoms with E-state index in [1.165, 1.54) is 44.5 Å². The Labute approximate surface area is 194 Å². The van der Waals surface area contributed by atoms with E-state index in [1.807, 2.05) is 31.2 Å². The topological polar surface area (TPSA) is 68.1 Å². The largest absolute Gasteiger partial charge is 0.495 e. The van der Waals surface area contributed by atoms with E-state index in [1.54, 1.807) is 17.7 Å². The molecule has 2 unspecified atom stereocenters. The Morgan fingerprint density at radius 2 is 1.76 bits per heavy atom. The molecule has 174 valence electrons. The number of aromatic nitrogens is 2. The highest BCUT2D eigenvalue weighted by molar-refractivity contribution is 5.94. The molecule has 7 nitrogen and oxygen atoms in total. The van der Waals surface area contributed by atoms with Gasteiger partial charge < -0.3 is 19.7 Å². The number of methoxy groups -OCH3 is 1.